The quantitative estimate of drug-likeness (QED) is 0.761. The number of carbonyl (C=O) groups is 1. The molecular formula is C18H16BrN3O. The molecule has 0 atom stereocenters. The highest BCUT2D eigenvalue weighted by molar-refractivity contribution is 9.10. The number of halogens is 1. The zero-order chi connectivity index (χ0) is 15.8. The van der Waals surface area contributed by atoms with Crippen molar-refractivity contribution in [2.75, 3.05) is 0 Å². The maximum absolute atomic E-state index is 12.1. The molecule has 5 heteroatoms. The predicted molar refractivity (Wildman–Crippen MR) is 94.0 cm³/mol. The maximum Gasteiger partial charge on any atom is 0.240 e. The number of nitrogens with one attached hydrogen (secondary N) is 1. The van der Waals surface area contributed by atoms with E-state index in [1.54, 1.807) is 0 Å². The Bertz CT molecular complexity index is 869. The molecular weight excluding hydrogens is 354 g/mol. The summed E-state index contributed by atoms with van der Waals surface area (Å²) in [5.41, 5.74) is 4.01. The van der Waals surface area contributed by atoms with Gasteiger partial charge in [-0.25, -0.2) is 0 Å². The molecule has 2 aromatic heterocycles. The second kappa shape index (κ2) is 5.81. The Morgan fingerprint density at radius 2 is 2.04 bits per heavy atom. The lowest BCUT2D eigenvalue weighted by Crippen LogP contribution is -2.29. The van der Waals surface area contributed by atoms with Gasteiger partial charge in [0, 0.05) is 24.0 Å². The van der Waals surface area contributed by atoms with Crippen molar-refractivity contribution in [3.8, 4) is 11.1 Å². The normalized spacial score (nSPS) is 14.1. The van der Waals surface area contributed by atoms with Gasteiger partial charge in [-0.15, -0.1) is 0 Å². The Labute approximate surface area is 142 Å². The molecule has 23 heavy (non-hydrogen) atoms. The summed E-state index contributed by atoms with van der Waals surface area (Å²) >= 11 is 3.54. The number of hydrogen-bond acceptors (Lipinski definition) is 2. The average molecular weight is 370 g/mol. The first-order valence-electron chi connectivity index (χ1n) is 7.70. The van der Waals surface area contributed by atoms with Crippen LogP contribution in [-0.2, 0) is 11.3 Å². The SMILES string of the molecule is O=C(Cn1cc(Br)c2ncc(-c3ccccc3)cc21)NC1CC1. The molecule has 0 saturated heterocycles. The molecule has 0 spiro atoms. The van der Waals surface area contributed by atoms with Crippen LogP contribution in [0.15, 0.2) is 53.3 Å². The number of benzene rings is 1. The monoisotopic (exact) mass is 369 g/mol. The minimum atomic E-state index is 0.0574. The molecule has 1 saturated carbocycles. The van der Waals surface area contributed by atoms with E-state index in [-0.39, 0.29) is 5.91 Å². The van der Waals surface area contributed by atoms with Gasteiger partial charge in [0.05, 0.1) is 9.99 Å². The summed E-state index contributed by atoms with van der Waals surface area (Å²) < 4.78 is 2.86. The van der Waals surface area contributed by atoms with E-state index in [2.05, 4.69) is 44.4 Å². The van der Waals surface area contributed by atoms with E-state index in [1.807, 2.05) is 35.2 Å². The first kappa shape index (κ1) is 14.5. The van der Waals surface area contributed by atoms with E-state index < -0.39 is 0 Å². The Morgan fingerprint density at radius 1 is 1.26 bits per heavy atom. The van der Waals surface area contributed by atoms with Crippen molar-refractivity contribution in [1.82, 2.24) is 14.9 Å². The molecule has 1 aliphatic carbocycles. The maximum atomic E-state index is 12.1. The summed E-state index contributed by atoms with van der Waals surface area (Å²) in [5, 5.41) is 3.03. The number of amides is 1. The lowest BCUT2D eigenvalue weighted by atomic mass is 10.1. The Hall–Kier alpha value is -2.14. The van der Waals surface area contributed by atoms with Gasteiger partial charge in [0.1, 0.15) is 12.1 Å². The molecule has 4 nitrogen and oxygen atoms in total. The van der Waals surface area contributed by atoms with Crippen molar-refractivity contribution in [1.29, 1.82) is 0 Å². The van der Waals surface area contributed by atoms with Gasteiger partial charge < -0.3 is 9.88 Å². The molecule has 2 heterocycles. The van der Waals surface area contributed by atoms with E-state index in [0.29, 0.717) is 12.6 Å². The summed E-state index contributed by atoms with van der Waals surface area (Å²) in [5.74, 6) is 0.0574. The van der Waals surface area contributed by atoms with E-state index >= 15 is 0 Å². The van der Waals surface area contributed by atoms with Crippen LogP contribution in [0, 0.1) is 0 Å². The van der Waals surface area contributed by atoms with Gasteiger partial charge in [-0.2, -0.15) is 0 Å². The van der Waals surface area contributed by atoms with Gasteiger partial charge in [-0.1, -0.05) is 30.3 Å². The second-order valence-electron chi connectivity index (χ2n) is 5.90. The Morgan fingerprint density at radius 3 is 2.78 bits per heavy atom. The summed E-state index contributed by atoms with van der Waals surface area (Å²) in [7, 11) is 0. The molecule has 3 aromatic rings. The van der Waals surface area contributed by atoms with Crippen LogP contribution in [-0.4, -0.2) is 21.5 Å². The third kappa shape index (κ3) is 3.01. The minimum absolute atomic E-state index is 0.0574. The standard InChI is InChI=1S/C18H16BrN3O/c19-15-10-22(11-17(23)21-14-6-7-14)16-8-13(9-20-18(15)16)12-4-2-1-3-5-12/h1-5,8-10,14H,6-7,11H2,(H,21,23). The number of pyridine rings is 1. The van der Waals surface area contributed by atoms with Gasteiger partial charge in [0.2, 0.25) is 5.91 Å². The van der Waals surface area contributed by atoms with Crippen molar-refractivity contribution in [2.45, 2.75) is 25.4 Å². The average Bonchev–Trinajstić information content (AvgIpc) is 3.32. The van der Waals surface area contributed by atoms with Crippen molar-refractivity contribution < 1.29 is 4.79 Å². The minimum Gasteiger partial charge on any atom is -0.352 e. The summed E-state index contributed by atoms with van der Waals surface area (Å²) in [4.78, 5) is 16.7. The zero-order valence-electron chi connectivity index (χ0n) is 12.5. The van der Waals surface area contributed by atoms with E-state index in [4.69, 9.17) is 0 Å². The van der Waals surface area contributed by atoms with Gasteiger partial charge in [0.25, 0.3) is 0 Å². The van der Waals surface area contributed by atoms with E-state index in [1.165, 1.54) is 0 Å². The highest BCUT2D eigenvalue weighted by Crippen LogP contribution is 2.28. The van der Waals surface area contributed by atoms with Crippen molar-refractivity contribution in [2.24, 2.45) is 0 Å². The smallest absolute Gasteiger partial charge is 0.240 e. The van der Waals surface area contributed by atoms with Crippen LogP contribution in [0.1, 0.15) is 12.8 Å². The molecule has 0 radical (unpaired) electrons. The molecule has 4 rings (SSSR count). The first-order valence-corrected chi connectivity index (χ1v) is 8.49. The number of fused-ring (bicyclic) bond motifs is 1. The third-order valence-corrected chi connectivity index (χ3v) is 4.62. The summed E-state index contributed by atoms with van der Waals surface area (Å²) in [6.45, 7) is 0.318. The molecule has 0 bridgehead atoms. The Balaban J connectivity index is 1.70. The zero-order valence-corrected chi connectivity index (χ0v) is 14.1. The molecule has 1 aliphatic rings. The van der Waals surface area contributed by atoms with Crippen molar-refractivity contribution in [3.05, 3.63) is 53.3 Å². The van der Waals surface area contributed by atoms with Crippen LogP contribution in [0.5, 0.6) is 0 Å². The van der Waals surface area contributed by atoms with Gasteiger partial charge >= 0.3 is 0 Å². The van der Waals surface area contributed by atoms with Gasteiger partial charge in [0.15, 0.2) is 0 Å². The first-order chi connectivity index (χ1) is 11.2. The fraction of sp³-hybridized carbons (Fsp3) is 0.222. The number of aromatic nitrogens is 2. The van der Waals surface area contributed by atoms with Gasteiger partial charge in [-0.05, 0) is 40.4 Å². The number of hydrogen-bond donors (Lipinski definition) is 1. The van der Waals surface area contributed by atoms with Crippen molar-refractivity contribution in [3.63, 3.8) is 0 Å². The molecule has 1 aromatic carbocycles. The predicted octanol–water partition coefficient (Wildman–Crippen LogP) is 3.74. The number of rotatable bonds is 4. The summed E-state index contributed by atoms with van der Waals surface area (Å²) in [6.07, 6.45) is 6.00. The topological polar surface area (TPSA) is 46.9 Å². The summed E-state index contributed by atoms with van der Waals surface area (Å²) in [6, 6.07) is 12.6. The molecule has 1 N–H and O–H groups in total. The molecule has 0 aliphatic heterocycles. The lowest BCUT2D eigenvalue weighted by Gasteiger charge is -2.07. The van der Waals surface area contributed by atoms with Crippen LogP contribution < -0.4 is 5.32 Å². The van der Waals surface area contributed by atoms with Crippen LogP contribution in [0.2, 0.25) is 0 Å². The second-order valence-corrected chi connectivity index (χ2v) is 6.76. The third-order valence-electron chi connectivity index (χ3n) is 4.04. The Kier molecular flexibility index (Phi) is 3.65. The molecule has 1 amide bonds. The number of carbonyl (C=O) groups excluding carboxylic acids is 1. The van der Waals surface area contributed by atoms with Crippen LogP contribution in [0.3, 0.4) is 0 Å². The molecule has 116 valence electrons. The van der Waals surface area contributed by atoms with Crippen LogP contribution in [0.25, 0.3) is 22.2 Å². The van der Waals surface area contributed by atoms with Crippen LogP contribution in [0.4, 0.5) is 0 Å². The van der Waals surface area contributed by atoms with E-state index in [0.717, 1.165) is 39.5 Å². The number of nitrogens with zero attached hydrogens (tertiary/aromatic N) is 2. The molecule has 1 fully saturated rings. The molecule has 0 unspecified atom stereocenters. The highest BCUT2D eigenvalue weighted by Gasteiger charge is 2.23. The lowest BCUT2D eigenvalue weighted by molar-refractivity contribution is -0.121. The highest BCUT2D eigenvalue weighted by atomic mass is 79.9. The largest absolute Gasteiger partial charge is 0.352 e. The van der Waals surface area contributed by atoms with Gasteiger partial charge in [-0.3, -0.25) is 9.78 Å². The van der Waals surface area contributed by atoms with Crippen LogP contribution >= 0.6 is 15.9 Å². The fourth-order valence-electron chi connectivity index (χ4n) is 2.70. The fourth-order valence-corrected chi connectivity index (χ4v) is 3.25. The van der Waals surface area contributed by atoms with E-state index in [9.17, 15) is 4.79 Å². The van der Waals surface area contributed by atoms with Crippen molar-refractivity contribution >= 4 is 32.9 Å².